The van der Waals surface area contributed by atoms with Crippen LogP contribution in [0.25, 0.3) is 0 Å². The van der Waals surface area contributed by atoms with Crippen molar-refractivity contribution in [2.24, 2.45) is 0 Å². The summed E-state index contributed by atoms with van der Waals surface area (Å²) in [4.78, 5) is 0. The quantitative estimate of drug-likeness (QED) is 0.422. The van der Waals surface area contributed by atoms with Gasteiger partial charge in [-0.25, -0.2) is 0 Å². The van der Waals surface area contributed by atoms with E-state index in [1.165, 1.54) is 5.57 Å². The Morgan fingerprint density at radius 1 is 1.36 bits per heavy atom. The largest absolute Gasteiger partial charge is 0.113 e. The molecule has 0 nitrogen and oxygen atoms in total. The first-order valence-electron chi connectivity index (χ1n) is 4.02. The van der Waals surface area contributed by atoms with Crippen LogP contribution in [0.5, 0.6) is 0 Å². The molecule has 0 rings (SSSR count). The molecule has 0 amide bonds. The van der Waals surface area contributed by atoms with E-state index in [0.29, 0.717) is 0 Å². The zero-order chi connectivity index (χ0) is 8.69. The third-order valence-corrected chi connectivity index (χ3v) is 1.59. The molecule has 2 radical (unpaired) electrons. The van der Waals surface area contributed by atoms with Gasteiger partial charge in [0, 0.05) is 0 Å². The molecular weight excluding hydrogens is 131 g/mol. The van der Waals surface area contributed by atoms with Gasteiger partial charge in [-0.05, 0) is 12.8 Å². The molecule has 0 saturated heterocycles. The Morgan fingerprint density at radius 2 is 1.91 bits per heavy atom. The van der Waals surface area contributed by atoms with Crippen molar-refractivity contribution in [3.63, 3.8) is 0 Å². The normalized spacial score (nSPS) is 10.9. The van der Waals surface area contributed by atoms with Crippen molar-refractivity contribution in [3.05, 3.63) is 35.9 Å². The van der Waals surface area contributed by atoms with Crippen LogP contribution in [0.2, 0.25) is 0 Å². The predicted molar refractivity (Wildman–Crippen MR) is 52.7 cm³/mol. The van der Waals surface area contributed by atoms with E-state index in [9.17, 15) is 0 Å². The average molecular weight is 146 g/mol. The molecule has 11 heavy (non-hydrogen) atoms. The SMILES string of the molecule is [B]/C(C=C(CC)CC)=C/C=C. The minimum atomic E-state index is 0.790. The zero-order valence-electron chi connectivity index (χ0n) is 7.43. The highest BCUT2D eigenvalue weighted by molar-refractivity contribution is 6.23. The topological polar surface area (TPSA) is 0 Å². The van der Waals surface area contributed by atoms with Crippen LogP contribution in [0.4, 0.5) is 0 Å². The van der Waals surface area contributed by atoms with Crippen LogP contribution >= 0.6 is 0 Å². The first-order chi connectivity index (χ1) is 5.24. The minimum absolute atomic E-state index is 0.790. The fourth-order valence-corrected chi connectivity index (χ4v) is 0.874. The molecule has 0 bridgehead atoms. The maximum atomic E-state index is 5.65. The van der Waals surface area contributed by atoms with E-state index in [0.717, 1.165) is 18.3 Å². The van der Waals surface area contributed by atoms with Crippen LogP contribution in [-0.2, 0) is 0 Å². The van der Waals surface area contributed by atoms with Crippen molar-refractivity contribution < 1.29 is 0 Å². The van der Waals surface area contributed by atoms with Crippen LogP contribution < -0.4 is 0 Å². The number of allylic oxidation sites excluding steroid dienone is 5. The summed E-state index contributed by atoms with van der Waals surface area (Å²) >= 11 is 0. The molecule has 0 N–H and O–H groups in total. The van der Waals surface area contributed by atoms with Crippen molar-refractivity contribution in [1.82, 2.24) is 0 Å². The second-order valence-electron chi connectivity index (χ2n) is 2.41. The summed E-state index contributed by atoms with van der Waals surface area (Å²) in [5.74, 6) is 0. The van der Waals surface area contributed by atoms with E-state index in [1.807, 2.05) is 12.2 Å². The highest BCUT2D eigenvalue weighted by atomic mass is 13.9. The van der Waals surface area contributed by atoms with Gasteiger partial charge in [0.25, 0.3) is 0 Å². The van der Waals surface area contributed by atoms with Gasteiger partial charge in [-0.1, -0.05) is 49.7 Å². The molecule has 0 aliphatic heterocycles. The Hall–Kier alpha value is -0.715. The highest BCUT2D eigenvalue weighted by Gasteiger charge is 1.88. The number of hydrogen-bond donors (Lipinski definition) is 0. The molecule has 0 saturated carbocycles. The van der Waals surface area contributed by atoms with Gasteiger partial charge in [0.1, 0.15) is 7.85 Å². The highest BCUT2D eigenvalue weighted by Crippen LogP contribution is 2.07. The van der Waals surface area contributed by atoms with Crippen molar-refractivity contribution in [3.8, 4) is 0 Å². The van der Waals surface area contributed by atoms with Crippen molar-refractivity contribution in [2.75, 3.05) is 0 Å². The molecular formula is C10H15B. The Balaban J connectivity index is 4.25. The molecule has 58 valence electrons. The number of rotatable bonds is 4. The summed E-state index contributed by atoms with van der Waals surface area (Å²) in [5, 5.41) is 0. The Labute approximate surface area is 71.1 Å². The summed E-state index contributed by atoms with van der Waals surface area (Å²) in [6, 6.07) is 0. The fourth-order valence-electron chi connectivity index (χ4n) is 0.874. The van der Waals surface area contributed by atoms with Gasteiger partial charge in [-0.2, -0.15) is 0 Å². The summed E-state index contributed by atoms with van der Waals surface area (Å²) in [6.45, 7) is 7.84. The first-order valence-corrected chi connectivity index (χ1v) is 4.02. The molecule has 0 aliphatic carbocycles. The molecule has 0 unspecified atom stereocenters. The minimum Gasteiger partial charge on any atom is -0.0991 e. The molecule has 0 heterocycles. The van der Waals surface area contributed by atoms with Crippen LogP contribution in [-0.4, -0.2) is 7.85 Å². The summed E-state index contributed by atoms with van der Waals surface area (Å²) in [7, 11) is 5.65. The van der Waals surface area contributed by atoms with Gasteiger partial charge >= 0.3 is 0 Å². The molecule has 0 fully saturated rings. The van der Waals surface area contributed by atoms with Gasteiger partial charge in [0.2, 0.25) is 0 Å². The molecule has 0 aromatic carbocycles. The molecule has 0 atom stereocenters. The third-order valence-electron chi connectivity index (χ3n) is 1.59. The molecule has 0 aromatic rings. The van der Waals surface area contributed by atoms with Crippen molar-refractivity contribution >= 4 is 7.85 Å². The number of hydrogen-bond acceptors (Lipinski definition) is 0. The van der Waals surface area contributed by atoms with E-state index in [2.05, 4.69) is 20.4 Å². The first kappa shape index (κ1) is 10.3. The van der Waals surface area contributed by atoms with Gasteiger partial charge in [0.15, 0.2) is 0 Å². The van der Waals surface area contributed by atoms with Crippen LogP contribution in [0.15, 0.2) is 35.9 Å². The molecule has 0 aromatic heterocycles. The van der Waals surface area contributed by atoms with Crippen LogP contribution in [0, 0.1) is 0 Å². The summed E-state index contributed by atoms with van der Waals surface area (Å²) in [6.07, 6.45) is 7.67. The van der Waals surface area contributed by atoms with Crippen LogP contribution in [0.1, 0.15) is 26.7 Å². The van der Waals surface area contributed by atoms with E-state index in [4.69, 9.17) is 7.85 Å². The predicted octanol–water partition coefficient (Wildman–Crippen LogP) is 2.97. The lowest BCUT2D eigenvalue weighted by Gasteiger charge is -1.99. The lowest BCUT2D eigenvalue weighted by molar-refractivity contribution is 0.977. The Morgan fingerprint density at radius 3 is 2.27 bits per heavy atom. The summed E-state index contributed by atoms with van der Waals surface area (Å²) < 4.78 is 0. The van der Waals surface area contributed by atoms with E-state index in [1.54, 1.807) is 6.08 Å². The lowest BCUT2D eigenvalue weighted by Crippen LogP contribution is -1.81. The second-order valence-corrected chi connectivity index (χ2v) is 2.41. The lowest BCUT2D eigenvalue weighted by atomic mass is 9.92. The molecule has 0 aliphatic rings. The van der Waals surface area contributed by atoms with E-state index in [-0.39, 0.29) is 0 Å². The van der Waals surface area contributed by atoms with Crippen LogP contribution in [0.3, 0.4) is 0 Å². The maximum absolute atomic E-state index is 5.65. The fraction of sp³-hybridized carbons (Fsp3) is 0.400. The van der Waals surface area contributed by atoms with Gasteiger partial charge in [-0.15, -0.1) is 0 Å². The third kappa shape index (κ3) is 4.66. The smallest absolute Gasteiger partial charge is 0.0991 e. The zero-order valence-corrected chi connectivity index (χ0v) is 7.43. The maximum Gasteiger partial charge on any atom is 0.113 e. The molecule has 1 heteroatoms. The standard InChI is InChI=1S/C10H15B/c1-4-7-10(11)8-9(5-2)6-3/h4,7-8H,1,5-6H2,2-3H3/b10-7+. The monoisotopic (exact) mass is 146 g/mol. The van der Waals surface area contributed by atoms with Gasteiger partial charge in [0.05, 0.1) is 0 Å². The van der Waals surface area contributed by atoms with E-state index >= 15 is 0 Å². The Bertz CT molecular complexity index is 169. The average Bonchev–Trinajstić information content (AvgIpc) is 2.01. The van der Waals surface area contributed by atoms with Gasteiger partial charge in [-0.3, -0.25) is 0 Å². The van der Waals surface area contributed by atoms with Crippen molar-refractivity contribution in [1.29, 1.82) is 0 Å². The molecule has 0 spiro atoms. The van der Waals surface area contributed by atoms with Crippen molar-refractivity contribution in [2.45, 2.75) is 26.7 Å². The van der Waals surface area contributed by atoms with Gasteiger partial charge < -0.3 is 0 Å². The Kier molecular flexibility index (Phi) is 5.63. The summed E-state index contributed by atoms with van der Waals surface area (Å²) in [5.41, 5.74) is 2.17. The second kappa shape index (κ2) is 6.02. The van der Waals surface area contributed by atoms with E-state index < -0.39 is 0 Å².